The van der Waals surface area contributed by atoms with Crippen LogP contribution >= 0.6 is 11.6 Å². The molecule has 1 heterocycles. The topological polar surface area (TPSA) is 52.6 Å². The minimum atomic E-state index is -0.317. The van der Waals surface area contributed by atoms with E-state index in [-0.39, 0.29) is 17.9 Å². The van der Waals surface area contributed by atoms with Crippen LogP contribution in [0.5, 0.6) is 0 Å². The van der Waals surface area contributed by atoms with Crippen molar-refractivity contribution in [1.29, 1.82) is 0 Å². The van der Waals surface area contributed by atoms with Gasteiger partial charge in [-0.15, -0.1) is 0 Å². The number of benzene rings is 1. The number of likely N-dealkylation sites (tertiary alicyclic amines) is 1. The molecule has 4 nitrogen and oxygen atoms in total. The van der Waals surface area contributed by atoms with Crippen LogP contribution in [-0.2, 0) is 4.79 Å². The van der Waals surface area contributed by atoms with Gasteiger partial charge in [0, 0.05) is 6.54 Å². The van der Waals surface area contributed by atoms with Crippen molar-refractivity contribution in [2.75, 3.05) is 25.0 Å². The SMILES string of the molecule is Cc1ccc(NC(=O)CN2CCCC(C(C)O)C2)c(Cl)c1. The van der Waals surface area contributed by atoms with E-state index < -0.39 is 0 Å². The van der Waals surface area contributed by atoms with Crippen molar-refractivity contribution in [1.82, 2.24) is 4.90 Å². The minimum absolute atomic E-state index is 0.0630. The van der Waals surface area contributed by atoms with Gasteiger partial charge in [0.15, 0.2) is 0 Å². The van der Waals surface area contributed by atoms with E-state index in [4.69, 9.17) is 11.6 Å². The molecule has 1 aliphatic heterocycles. The van der Waals surface area contributed by atoms with Crippen LogP contribution in [0.25, 0.3) is 0 Å². The highest BCUT2D eigenvalue weighted by Crippen LogP contribution is 2.23. The van der Waals surface area contributed by atoms with Crippen LogP contribution in [0.1, 0.15) is 25.3 Å². The third-order valence-electron chi connectivity index (χ3n) is 3.99. The molecule has 2 atom stereocenters. The van der Waals surface area contributed by atoms with Gasteiger partial charge in [-0.1, -0.05) is 17.7 Å². The van der Waals surface area contributed by atoms with Gasteiger partial charge in [0.05, 0.1) is 23.4 Å². The summed E-state index contributed by atoms with van der Waals surface area (Å²) in [6, 6.07) is 5.58. The van der Waals surface area contributed by atoms with Crippen LogP contribution in [0.3, 0.4) is 0 Å². The molecule has 0 radical (unpaired) electrons. The normalized spacial score (nSPS) is 21.0. The van der Waals surface area contributed by atoms with E-state index in [0.717, 1.165) is 31.5 Å². The lowest BCUT2D eigenvalue weighted by Crippen LogP contribution is -2.43. The standard InChI is InChI=1S/C16H23ClN2O2/c1-11-5-6-15(14(17)8-11)18-16(21)10-19-7-3-4-13(9-19)12(2)20/h5-6,8,12-13,20H,3-4,7,9-10H2,1-2H3,(H,18,21). The number of aryl methyl sites for hydroxylation is 1. The average molecular weight is 311 g/mol. The molecule has 5 heteroatoms. The molecule has 1 aromatic rings. The van der Waals surface area contributed by atoms with E-state index in [1.807, 2.05) is 32.0 Å². The number of amides is 1. The van der Waals surface area contributed by atoms with E-state index >= 15 is 0 Å². The van der Waals surface area contributed by atoms with Crippen LogP contribution in [0.4, 0.5) is 5.69 Å². The van der Waals surface area contributed by atoms with Crippen molar-refractivity contribution in [3.8, 4) is 0 Å². The van der Waals surface area contributed by atoms with Crippen molar-refractivity contribution in [2.45, 2.75) is 32.8 Å². The summed E-state index contributed by atoms with van der Waals surface area (Å²) in [5.41, 5.74) is 1.71. The molecule has 2 N–H and O–H groups in total. The molecule has 1 amide bonds. The van der Waals surface area contributed by atoms with Gasteiger partial charge in [-0.25, -0.2) is 0 Å². The van der Waals surface area contributed by atoms with Crippen LogP contribution in [0.2, 0.25) is 5.02 Å². The van der Waals surface area contributed by atoms with Gasteiger partial charge >= 0.3 is 0 Å². The number of carbonyl (C=O) groups excluding carboxylic acids is 1. The Labute approximate surface area is 131 Å². The van der Waals surface area contributed by atoms with Crippen molar-refractivity contribution >= 4 is 23.2 Å². The fraction of sp³-hybridized carbons (Fsp3) is 0.562. The molecule has 0 aliphatic carbocycles. The van der Waals surface area contributed by atoms with E-state index in [9.17, 15) is 9.90 Å². The van der Waals surface area contributed by atoms with E-state index in [1.54, 1.807) is 0 Å². The third kappa shape index (κ3) is 4.70. The van der Waals surface area contributed by atoms with Crippen molar-refractivity contribution in [3.63, 3.8) is 0 Å². The number of rotatable bonds is 4. The molecular formula is C16H23ClN2O2. The second kappa shape index (κ2) is 7.25. The number of nitrogens with zero attached hydrogens (tertiary/aromatic N) is 1. The summed E-state index contributed by atoms with van der Waals surface area (Å²) in [6.07, 6.45) is 1.73. The molecule has 0 saturated carbocycles. The van der Waals surface area contributed by atoms with Gasteiger partial charge in [-0.05, 0) is 56.8 Å². The summed E-state index contributed by atoms with van der Waals surface area (Å²) in [6.45, 7) is 5.79. The Bertz CT molecular complexity index is 505. The molecule has 0 aromatic heterocycles. The van der Waals surface area contributed by atoms with E-state index in [1.165, 1.54) is 0 Å². The number of aliphatic hydroxyl groups excluding tert-OH is 1. The summed E-state index contributed by atoms with van der Waals surface area (Å²) in [5.74, 6) is 0.196. The van der Waals surface area contributed by atoms with Gasteiger partial charge in [0.1, 0.15) is 0 Å². The third-order valence-corrected chi connectivity index (χ3v) is 4.30. The Morgan fingerprint density at radius 1 is 1.57 bits per heavy atom. The maximum absolute atomic E-state index is 12.1. The molecular weight excluding hydrogens is 288 g/mol. The lowest BCUT2D eigenvalue weighted by molar-refractivity contribution is -0.118. The minimum Gasteiger partial charge on any atom is -0.393 e. The number of halogens is 1. The Morgan fingerprint density at radius 3 is 3.00 bits per heavy atom. The number of piperidine rings is 1. The highest BCUT2D eigenvalue weighted by Gasteiger charge is 2.24. The Hall–Kier alpha value is -1.10. The molecule has 21 heavy (non-hydrogen) atoms. The fourth-order valence-electron chi connectivity index (χ4n) is 2.74. The van der Waals surface area contributed by atoms with Gasteiger partial charge in [-0.3, -0.25) is 9.69 Å². The molecule has 2 rings (SSSR count). The molecule has 1 aliphatic rings. The first-order chi connectivity index (χ1) is 9.95. The highest BCUT2D eigenvalue weighted by molar-refractivity contribution is 6.33. The number of anilines is 1. The maximum Gasteiger partial charge on any atom is 0.238 e. The zero-order valence-electron chi connectivity index (χ0n) is 12.6. The largest absolute Gasteiger partial charge is 0.393 e. The summed E-state index contributed by atoms with van der Waals surface area (Å²) in [7, 11) is 0. The molecule has 116 valence electrons. The number of hydrogen-bond acceptors (Lipinski definition) is 3. The lowest BCUT2D eigenvalue weighted by Gasteiger charge is -2.33. The van der Waals surface area contributed by atoms with Crippen LogP contribution < -0.4 is 5.32 Å². The summed E-state index contributed by atoms with van der Waals surface area (Å²) < 4.78 is 0. The quantitative estimate of drug-likeness (QED) is 0.899. The maximum atomic E-state index is 12.1. The molecule has 2 unspecified atom stereocenters. The Kier molecular flexibility index (Phi) is 5.62. The number of carbonyl (C=O) groups is 1. The van der Waals surface area contributed by atoms with E-state index in [0.29, 0.717) is 17.3 Å². The second-order valence-corrected chi connectivity index (χ2v) is 6.32. The molecule has 0 bridgehead atoms. The average Bonchev–Trinajstić information content (AvgIpc) is 2.42. The fourth-order valence-corrected chi connectivity index (χ4v) is 3.03. The lowest BCUT2D eigenvalue weighted by atomic mass is 9.93. The first-order valence-corrected chi connectivity index (χ1v) is 7.80. The summed E-state index contributed by atoms with van der Waals surface area (Å²) in [5, 5.41) is 13.1. The van der Waals surface area contributed by atoms with Crippen molar-refractivity contribution < 1.29 is 9.90 Å². The predicted molar refractivity (Wildman–Crippen MR) is 85.7 cm³/mol. The molecule has 1 saturated heterocycles. The smallest absolute Gasteiger partial charge is 0.238 e. The molecule has 1 fully saturated rings. The Balaban J connectivity index is 1.89. The zero-order chi connectivity index (χ0) is 15.4. The van der Waals surface area contributed by atoms with E-state index in [2.05, 4.69) is 10.2 Å². The van der Waals surface area contributed by atoms with Crippen molar-refractivity contribution in [3.05, 3.63) is 28.8 Å². The second-order valence-electron chi connectivity index (χ2n) is 5.91. The van der Waals surface area contributed by atoms with Crippen molar-refractivity contribution in [2.24, 2.45) is 5.92 Å². The van der Waals surface area contributed by atoms with Crippen LogP contribution in [-0.4, -0.2) is 41.7 Å². The van der Waals surface area contributed by atoms with Gasteiger partial charge in [-0.2, -0.15) is 0 Å². The predicted octanol–water partition coefficient (Wildman–Crippen LogP) is 2.68. The number of aliphatic hydroxyl groups is 1. The first-order valence-electron chi connectivity index (χ1n) is 7.42. The first kappa shape index (κ1) is 16.3. The highest BCUT2D eigenvalue weighted by atomic mass is 35.5. The van der Waals surface area contributed by atoms with Gasteiger partial charge in [0.25, 0.3) is 0 Å². The molecule has 1 aromatic carbocycles. The van der Waals surface area contributed by atoms with Crippen LogP contribution in [0, 0.1) is 12.8 Å². The zero-order valence-corrected chi connectivity index (χ0v) is 13.4. The Morgan fingerprint density at radius 2 is 2.33 bits per heavy atom. The monoisotopic (exact) mass is 310 g/mol. The number of hydrogen-bond donors (Lipinski definition) is 2. The van der Waals surface area contributed by atoms with Gasteiger partial charge < -0.3 is 10.4 Å². The van der Waals surface area contributed by atoms with Gasteiger partial charge in [0.2, 0.25) is 5.91 Å². The number of nitrogens with one attached hydrogen (secondary N) is 1. The van der Waals surface area contributed by atoms with Crippen LogP contribution in [0.15, 0.2) is 18.2 Å². The summed E-state index contributed by atoms with van der Waals surface area (Å²) >= 11 is 6.12. The summed E-state index contributed by atoms with van der Waals surface area (Å²) in [4.78, 5) is 14.2. The molecule has 0 spiro atoms.